The molecule has 1 aromatic heterocycles. The molecule has 0 unspecified atom stereocenters. The third kappa shape index (κ3) is 4.50. The lowest BCUT2D eigenvalue weighted by molar-refractivity contribution is -0.116. The number of oxime groups is 1. The maximum atomic E-state index is 11.0. The van der Waals surface area contributed by atoms with Crippen LogP contribution in [-0.4, -0.2) is 22.7 Å². The molecular weight excluding hydrogens is 277 g/mol. The molecule has 0 fully saturated rings. The van der Waals surface area contributed by atoms with Gasteiger partial charge in [-0.1, -0.05) is 28.4 Å². The highest BCUT2D eigenvalue weighted by Crippen LogP contribution is 2.20. The summed E-state index contributed by atoms with van der Waals surface area (Å²) in [6, 6.07) is 1.51. The van der Waals surface area contributed by atoms with Crippen LogP contribution >= 0.6 is 23.2 Å². The van der Waals surface area contributed by atoms with Crippen molar-refractivity contribution in [2.75, 3.05) is 0 Å². The zero-order valence-electron chi connectivity index (χ0n) is 9.98. The largest absolute Gasteiger partial charge is 0.393 e. The van der Waals surface area contributed by atoms with Crippen molar-refractivity contribution in [3.63, 3.8) is 0 Å². The second-order valence-corrected chi connectivity index (χ2v) is 4.66. The van der Waals surface area contributed by atoms with Gasteiger partial charge < -0.3 is 10.6 Å². The van der Waals surface area contributed by atoms with Crippen LogP contribution < -0.4 is 5.73 Å². The minimum atomic E-state index is -0.547. The van der Waals surface area contributed by atoms with Gasteiger partial charge in [-0.3, -0.25) is 9.78 Å². The van der Waals surface area contributed by atoms with Crippen molar-refractivity contribution < 1.29 is 9.63 Å². The Labute approximate surface area is 115 Å². The van der Waals surface area contributed by atoms with Gasteiger partial charge in [-0.25, -0.2) is 0 Å². The van der Waals surface area contributed by atoms with Crippen LogP contribution in [0.2, 0.25) is 10.0 Å². The molecule has 0 saturated carbocycles. The first-order valence-electron chi connectivity index (χ1n) is 5.22. The van der Waals surface area contributed by atoms with Crippen LogP contribution in [0.15, 0.2) is 17.4 Å². The van der Waals surface area contributed by atoms with Gasteiger partial charge in [0.15, 0.2) is 0 Å². The number of amides is 1. The van der Waals surface area contributed by atoms with Crippen LogP contribution in [0.4, 0.5) is 0 Å². The highest BCUT2D eigenvalue weighted by atomic mass is 35.5. The van der Waals surface area contributed by atoms with Gasteiger partial charge in [-0.2, -0.15) is 0 Å². The maximum Gasteiger partial charge on any atom is 0.223 e. The quantitative estimate of drug-likeness (QED) is 0.668. The Morgan fingerprint density at radius 1 is 1.56 bits per heavy atom. The van der Waals surface area contributed by atoms with Gasteiger partial charge in [0.1, 0.15) is 17.5 Å². The fourth-order valence-electron chi connectivity index (χ4n) is 1.12. The third-order valence-electron chi connectivity index (χ3n) is 1.80. The molecular formula is C11H13Cl2N3O2. The monoisotopic (exact) mass is 289 g/mol. The standard InChI is InChI=1S/C11H13Cl2N3O2/c1-6(2)18-16-9(4-10(14)17)11-8(13)3-7(12)5-15-11/h3,5-6H,4H2,1-2H3,(H2,14,17). The van der Waals surface area contributed by atoms with Crippen LogP contribution in [0.3, 0.4) is 0 Å². The zero-order valence-corrected chi connectivity index (χ0v) is 11.5. The summed E-state index contributed by atoms with van der Waals surface area (Å²) in [5.41, 5.74) is 5.75. The van der Waals surface area contributed by atoms with Crippen molar-refractivity contribution in [3.05, 3.63) is 28.0 Å². The summed E-state index contributed by atoms with van der Waals surface area (Å²) in [5.74, 6) is -0.547. The molecule has 1 amide bonds. The molecule has 0 radical (unpaired) electrons. The number of carbonyl (C=O) groups is 1. The zero-order chi connectivity index (χ0) is 13.7. The number of primary amides is 1. The van der Waals surface area contributed by atoms with E-state index in [1.807, 2.05) is 13.8 Å². The first kappa shape index (κ1) is 14.7. The molecule has 0 spiro atoms. The highest BCUT2D eigenvalue weighted by molar-refractivity contribution is 6.36. The molecule has 0 aliphatic heterocycles. The van der Waals surface area contributed by atoms with Crippen molar-refractivity contribution in [2.24, 2.45) is 10.9 Å². The van der Waals surface area contributed by atoms with Crippen LogP contribution in [0.1, 0.15) is 26.0 Å². The number of aromatic nitrogens is 1. The number of hydrogen-bond acceptors (Lipinski definition) is 4. The third-order valence-corrected chi connectivity index (χ3v) is 2.29. The minimum absolute atomic E-state index is 0.110. The van der Waals surface area contributed by atoms with Crippen molar-refractivity contribution >= 4 is 34.8 Å². The second-order valence-electron chi connectivity index (χ2n) is 3.82. The Hall–Kier alpha value is -1.33. The molecule has 1 aromatic rings. The molecule has 5 nitrogen and oxygen atoms in total. The van der Waals surface area contributed by atoms with E-state index < -0.39 is 5.91 Å². The Bertz CT molecular complexity index is 475. The molecule has 7 heteroatoms. The van der Waals surface area contributed by atoms with E-state index in [-0.39, 0.29) is 23.3 Å². The SMILES string of the molecule is CC(C)ON=C(CC(N)=O)c1ncc(Cl)cc1Cl. The molecule has 98 valence electrons. The van der Waals surface area contributed by atoms with E-state index in [1.165, 1.54) is 12.3 Å². The molecule has 1 heterocycles. The number of carbonyl (C=O) groups excluding carboxylic acids is 1. The predicted molar refractivity (Wildman–Crippen MR) is 70.8 cm³/mol. The Morgan fingerprint density at radius 2 is 2.22 bits per heavy atom. The average Bonchev–Trinajstić information content (AvgIpc) is 2.24. The van der Waals surface area contributed by atoms with Crippen molar-refractivity contribution in [1.82, 2.24) is 4.98 Å². The molecule has 0 atom stereocenters. The summed E-state index contributed by atoms with van der Waals surface area (Å²) in [6.07, 6.45) is 1.18. The molecule has 0 bridgehead atoms. The molecule has 2 N–H and O–H groups in total. The summed E-state index contributed by atoms with van der Waals surface area (Å²) >= 11 is 11.7. The topological polar surface area (TPSA) is 77.6 Å². The maximum absolute atomic E-state index is 11.0. The van der Waals surface area contributed by atoms with Gasteiger partial charge in [0.25, 0.3) is 0 Å². The lowest BCUT2D eigenvalue weighted by atomic mass is 10.2. The van der Waals surface area contributed by atoms with Gasteiger partial charge in [0.05, 0.1) is 16.5 Å². The van der Waals surface area contributed by atoms with Gasteiger partial charge in [0.2, 0.25) is 5.91 Å². The number of nitrogens with zero attached hydrogens (tertiary/aromatic N) is 2. The Balaban J connectivity index is 3.08. The van der Waals surface area contributed by atoms with E-state index in [0.717, 1.165) is 0 Å². The van der Waals surface area contributed by atoms with E-state index >= 15 is 0 Å². The number of halogens is 2. The summed E-state index contributed by atoms with van der Waals surface area (Å²) < 4.78 is 0. The van der Waals surface area contributed by atoms with E-state index in [4.69, 9.17) is 33.8 Å². The van der Waals surface area contributed by atoms with Crippen molar-refractivity contribution in [3.8, 4) is 0 Å². The van der Waals surface area contributed by atoms with Crippen LogP contribution in [0.25, 0.3) is 0 Å². The van der Waals surface area contributed by atoms with Crippen LogP contribution in [-0.2, 0) is 9.63 Å². The fraction of sp³-hybridized carbons (Fsp3) is 0.364. The summed E-state index contributed by atoms with van der Waals surface area (Å²) in [4.78, 5) is 20.1. The number of pyridine rings is 1. The van der Waals surface area contributed by atoms with Gasteiger partial charge in [-0.15, -0.1) is 0 Å². The highest BCUT2D eigenvalue weighted by Gasteiger charge is 2.14. The predicted octanol–water partition coefficient (Wildman–Crippen LogP) is 2.39. The number of hydrogen-bond donors (Lipinski definition) is 1. The summed E-state index contributed by atoms with van der Waals surface area (Å²) in [5, 5.41) is 4.53. The number of nitrogens with two attached hydrogens (primary N) is 1. The fourth-order valence-corrected chi connectivity index (χ4v) is 1.61. The lowest BCUT2D eigenvalue weighted by Gasteiger charge is -2.08. The van der Waals surface area contributed by atoms with Crippen LogP contribution in [0.5, 0.6) is 0 Å². The summed E-state index contributed by atoms with van der Waals surface area (Å²) in [6.45, 7) is 3.62. The summed E-state index contributed by atoms with van der Waals surface area (Å²) in [7, 11) is 0. The molecule has 1 rings (SSSR count). The average molecular weight is 290 g/mol. The van der Waals surface area contributed by atoms with Gasteiger partial charge in [-0.05, 0) is 19.9 Å². The minimum Gasteiger partial charge on any atom is -0.393 e. The van der Waals surface area contributed by atoms with Crippen molar-refractivity contribution in [2.45, 2.75) is 26.4 Å². The van der Waals surface area contributed by atoms with E-state index in [9.17, 15) is 4.79 Å². The molecule has 0 aromatic carbocycles. The van der Waals surface area contributed by atoms with Gasteiger partial charge >= 0.3 is 0 Å². The first-order valence-corrected chi connectivity index (χ1v) is 5.98. The normalized spacial score (nSPS) is 11.7. The van der Waals surface area contributed by atoms with Crippen molar-refractivity contribution in [1.29, 1.82) is 0 Å². The van der Waals surface area contributed by atoms with E-state index in [0.29, 0.717) is 10.7 Å². The smallest absolute Gasteiger partial charge is 0.223 e. The Morgan fingerprint density at radius 3 is 2.72 bits per heavy atom. The van der Waals surface area contributed by atoms with Gasteiger partial charge in [0, 0.05) is 6.20 Å². The number of rotatable bonds is 5. The molecule has 18 heavy (non-hydrogen) atoms. The molecule has 0 saturated heterocycles. The van der Waals surface area contributed by atoms with Crippen LogP contribution in [0, 0.1) is 0 Å². The molecule has 0 aliphatic carbocycles. The molecule has 0 aliphatic rings. The lowest BCUT2D eigenvalue weighted by Crippen LogP contribution is -2.19. The van der Waals surface area contributed by atoms with E-state index in [2.05, 4.69) is 10.1 Å². The van der Waals surface area contributed by atoms with E-state index in [1.54, 1.807) is 0 Å². The first-order chi connectivity index (χ1) is 8.40. The second kappa shape index (κ2) is 6.56. The Kier molecular flexibility index (Phi) is 5.37.